The molecule has 0 bridgehead atoms. The summed E-state index contributed by atoms with van der Waals surface area (Å²) in [6.45, 7) is 25.8. The van der Waals surface area contributed by atoms with E-state index in [0.717, 1.165) is 34.1 Å². The molecule has 58 heavy (non-hydrogen) atoms. The van der Waals surface area contributed by atoms with Gasteiger partial charge in [0, 0.05) is 45.0 Å². The number of benzene rings is 7. The average Bonchev–Trinajstić information content (AvgIpc) is 3.58. The van der Waals surface area contributed by atoms with Gasteiger partial charge in [-0.2, -0.15) is 5.26 Å². The van der Waals surface area contributed by atoms with E-state index in [2.05, 4.69) is 173 Å². The van der Waals surface area contributed by atoms with Gasteiger partial charge in [-0.3, -0.25) is 0 Å². The monoisotopic (exact) mass is 750 g/mol. The molecule has 0 unspecified atom stereocenters. The zero-order valence-corrected chi connectivity index (χ0v) is 34.5. The Morgan fingerprint density at radius 2 is 0.828 bits per heavy atom. The number of nitrogens with zero attached hydrogens (tertiary/aromatic N) is 4. The maximum atomic E-state index is 9.55. The summed E-state index contributed by atoms with van der Waals surface area (Å²) < 4.78 is 0. The third-order valence-corrected chi connectivity index (χ3v) is 12.6. The van der Waals surface area contributed by atoms with E-state index in [1.165, 1.54) is 66.8 Å². The van der Waals surface area contributed by atoms with E-state index >= 15 is 0 Å². The zero-order chi connectivity index (χ0) is 40.7. The summed E-state index contributed by atoms with van der Waals surface area (Å²) in [5.74, 6) is 0. The Hall–Kier alpha value is -6.88. The molecule has 7 aromatic carbocycles. The van der Waals surface area contributed by atoms with Gasteiger partial charge in [-0.05, 0) is 180 Å². The van der Waals surface area contributed by atoms with Crippen molar-refractivity contribution in [2.75, 3.05) is 9.80 Å². The Morgan fingerprint density at radius 1 is 0.466 bits per heavy atom. The summed E-state index contributed by atoms with van der Waals surface area (Å²) >= 11 is 0. The lowest BCUT2D eigenvalue weighted by Crippen LogP contribution is -2.18. The summed E-state index contributed by atoms with van der Waals surface area (Å²) in [7, 11) is 0. The number of fused-ring (bicyclic) bond motifs is 6. The Kier molecular flexibility index (Phi) is 8.47. The smallest absolute Gasteiger partial charge is 0.187 e. The van der Waals surface area contributed by atoms with Crippen LogP contribution in [0.5, 0.6) is 0 Å². The Balaban J connectivity index is 1.17. The molecule has 0 N–H and O–H groups in total. The first-order chi connectivity index (χ1) is 27.8. The normalized spacial score (nSPS) is 13.8. The van der Waals surface area contributed by atoms with Crippen molar-refractivity contribution < 1.29 is 0 Å². The number of hydrogen-bond donors (Lipinski definition) is 0. The molecule has 0 radical (unpaired) electrons. The Labute approximate surface area is 343 Å². The van der Waals surface area contributed by atoms with Crippen molar-refractivity contribution in [3.63, 3.8) is 0 Å². The average molecular weight is 751 g/mol. The van der Waals surface area contributed by atoms with Gasteiger partial charge in [0.05, 0.1) is 18.2 Å². The molecular formula is C54H46N4. The highest BCUT2D eigenvalue weighted by Crippen LogP contribution is 2.59. The molecule has 7 aromatic rings. The van der Waals surface area contributed by atoms with Crippen LogP contribution in [0.15, 0.2) is 133 Å². The molecule has 0 atom stereocenters. The van der Waals surface area contributed by atoms with Gasteiger partial charge in [0.2, 0.25) is 0 Å². The summed E-state index contributed by atoms with van der Waals surface area (Å²) in [5, 5.41) is 9.55. The van der Waals surface area contributed by atoms with E-state index < -0.39 is 0 Å². The van der Waals surface area contributed by atoms with Crippen molar-refractivity contribution in [2.45, 2.75) is 66.2 Å². The molecule has 0 aromatic heterocycles. The predicted octanol–water partition coefficient (Wildman–Crippen LogP) is 14.9. The molecular weight excluding hydrogens is 705 g/mol. The molecule has 0 fully saturated rings. The molecule has 2 aliphatic carbocycles. The molecule has 0 saturated carbocycles. The number of anilines is 6. The van der Waals surface area contributed by atoms with Crippen LogP contribution in [0.3, 0.4) is 0 Å². The second-order valence-electron chi connectivity index (χ2n) is 17.2. The van der Waals surface area contributed by atoms with E-state index in [-0.39, 0.29) is 10.8 Å². The molecule has 0 aliphatic heterocycles. The fourth-order valence-corrected chi connectivity index (χ4v) is 9.48. The third kappa shape index (κ3) is 5.71. The summed E-state index contributed by atoms with van der Waals surface area (Å²) in [6, 6.07) is 49.9. The summed E-state index contributed by atoms with van der Waals surface area (Å²) in [6.07, 6.45) is 0. The van der Waals surface area contributed by atoms with Gasteiger partial charge >= 0.3 is 0 Å². The fraction of sp³-hybridized carbons (Fsp3) is 0.185. The number of aryl methyl sites for hydroxylation is 4. The second kappa shape index (κ2) is 13.4. The van der Waals surface area contributed by atoms with E-state index in [9.17, 15) is 5.26 Å². The minimum Gasteiger partial charge on any atom is -0.311 e. The van der Waals surface area contributed by atoms with Crippen molar-refractivity contribution in [1.29, 1.82) is 5.26 Å². The molecule has 0 heterocycles. The van der Waals surface area contributed by atoms with Crippen molar-refractivity contribution in [2.24, 2.45) is 0 Å². The molecule has 2 aliphatic rings. The van der Waals surface area contributed by atoms with Crippen LogP contribution in [0, 0.1) is 45.6 Å². The highest BCUT2D eigenvalue weighted by Gasteiger charge is 2.43. The highest BCUT2D eigenvalue weighted by molar-refractivity contribution is 5.94. The van der Waals surface area contributed by atoms with Gasteiger partial charge in [0.15, 0.2) is 5.69 Å². The second-order valence-corrected chi connectivity index (χ2v) is 17.2. The van der Waals surface area contributed by atoms with Crippen LogP contribution >= 0.6 is 0 Å². The topological polar surface area (TPSA) is 34.6 Å². The first-order valence-electron chi connectivity index (χ1n) is 20.0. The zero-order valence-electron chi connectivity index (χ0n) is 34.5. The molecule has 4 nitrogen and oxygen atoms in total. The van der Waals surface area contributed by atoms with Gasteiger partial charge < -0.3 is 9.80 Å². The van der Waals surface area contributed by atoms with E-state index in [0.29, 0.717) is 11.3 Å². The molecule has 0 amide bonds. The molecule has 0 spiro atoms. The lowest BCUT2D eigenvalue weighted by Gasteiger charge is -2.29. The first kappa shape index (κ1) is 36.7. The number of hydrogen-bond acceptors (Lipinski definition) is 3. The maximum absolute atomic E-state index is 9.55. The summed E-state index contributed by atoms with van der Waals surface area (Å²) in [5.41, 5.74) is 22.8. The van der Waals surface area contributed by atoms with Crippen LogP contribution in [-0.2, 0) is 10.8 Å². The molecule has 4 heteroatoms. The lowest BCUT2D eigenvalue weighted by atomic mass is 9.79. The van der Waals surface area contributed by atoms with Crippen LogP contribution in [0.4, 0.5) is 39.8 Å². The van der Waals surface area contributed by atoms with E-state index in [1.54, 1.807) is 0 Å². The van der Waals surface area contributed by atoms with Crippen molar-refractivity contribution in [1.82, 2.24) is 0 Å². The van der Waals surface area contributed by atoms with Gasteiger partial charge in [0.25, 0.3) is 0 Å². The van der Waals surface area contributed by atoms with Gasteiger partial charge in [-0.25, -0.2) is 4.85 Å². The minimum absolute atomic E-state index is 0.244. The van der Waals surface area contributed by atoms with Crippen LogP contribution in [0.25, 0.3) is 27.1 Å². The van der Waals surface area contributed by atoms with Crippen LogP contribution in [0.2, 0.25) is 0 Å². The first-order valence-corrected chi connectivity index (χ1v) is 20.0. The van der Waals surface area contributed by atoms with Crippen LogP contribution < -0.4 is 9.80 Å². The minimum atomic E-state index is -0.245. The van der Waals surface area contributed by atoms with E-state index in [4.69, 9.17) is 6.57 Å². The maximum Gasteiger partial charge on any atom is 0.187 e. The highest BCUT2D eigenvalue weighted by atomic mass is 15.1. The molecule has 0 saturated heterocycles. The van der Waals surface area contributed by atoms with Crippen molar-refractivity contribution >= 4 is 39.8 Å². The molecule has 9 rings (SSSR count). The SMILES string of the molecule is [C-]#[N+]c1ccc(N(c2ccc(C)cc2)c2cc(C)c3c(c2)C(C)(C)c2cc4c(cc2-3)C(C)(C)c2cc(N(c3ccc(C)cc3)c3ccc(C#N)cc3)cc(C)c2-4)cc1. The largest absolute Gasteiger partial charge is 0.311 e. The lowest BCUT2D eigenvalue weighted by molar-refractivity contribution is 0.652. The quantitative estimate of drug-likeness (QED) is 0.159. The Morgan fingerprint density at radius 3 is 1.19 bits per heavy atom. The van der Waals surface area contributed by atoms with Crippen molar-refractivity contribution in [3.8, 4) is 28.3 Å². The third-order valence-electron chi connectivity index (χ3n) is 12.6. The van der Waals surface area contributed by atoms with Crippen LogP contribution in [-0.4, -0.2) is 0 Å². The summed E-state index contributed by atoms with van der Waals surface area (Å²) in [4.78, 5) is 8.28. The van der Waals surface area contributed by atoms with E-state index in [1.807, 2.05) is 36.4 Å². The predicted molar refractivity (Wildman–Crippen MR) is 241 cm³/mol. The molecule has 282 valence electrons. The van der Waals surface area contributed by atoms with Gasteiger partial charge in [0.1, 0.15) is 0 Å². The fourth-order valence-electron chi connectivity index (χ4n) is 9.48. The standard InChI is InChI=1S/C54H46N4/c1-33-10-18-39(19-11-33)57(41-22-14-37(32-55)15-23-41)43-26-35(3)51-45-30-48-46(31-47(45)53(5,6)49(51)28-43)52-36(4)27-44(29-50(52)54(48,7)8)58(40-20-12-34(2)13-21-40)42-24-16-38(56-9)17-25-42/h10-31H,1-8H3. The number of nitriles is 1. The van der Waals surface area contributed by atoms with Gasteiger partial charge in [-0.15, -0.1) is 0 Å². The van der Waals surface area contributed by atoms with Gasteiger partial charge in [-0.1, -0.05) is 75.2 Å². The van der Waals surface area contributed by atoms with Crippen LogP contribution in [0.1, 0.15) is 77.8 Å². The number of rotatable bonds is 6. The Bertz CT molecular complexity index is 2660. The van der Waals surface area contributed by atoms with Crippen molar-refractivity contribution in [3.05, 3.63) is 195 Å².